The lowest BCUT2D eigenvalue weighted by molar-refractivity contribution is 0.0988. The molecule has 5 N–H and O–H groups in total. The Morgan fingerprint density at radius 1 is 1.31 bits per heavy atom. The van der Waals surface area contributed by atoms with E-state index in [1.54, 1.807) is 0 Å². The molecule has 2 rings (SSSR count). The van der Waals surface area contributed by atoms with E-state index in [1.165, 1.54) is 23.1 Å². The highest BCUT2D eigenvalue weighted by molar-refractivity contribution is 5.94. The van der Waals surface area contributed by atoms with Crippen molar-refractivity contribution in [2.45, 2.75) is 0 Å². The van der Waals surface area contributed by atoms with E-state index in [2.05, 4.69) is 15.3 Å². The smallest absolute Gasteiger partial charge is 0.269 e. The monoisotopic (exact) mass is 220 g/mol. The molecule has 0 radical (unpaired) electrons. The van der Waals surface area contributed by atoms with Gasteiger partial charge in [-0.25, -0.2) is 4.68 Å². The molecule has 0 spiro atoms. The average molecular weight is 220 g/mol. The molecule has 16 heavy (non-hydrogen) atoms. The largest absolute Gasteiger partial charge is 0.364 e. The van der Waals surface area contributed by atoms with Crippen molar-refractivity contribution in [1.82, 2.24) is 20.0 Å². The maximum Gasteiger partial charge on any atom is 0.269 e. The second-order valence-corrected chi connectivity index (χ2v) is 3.00. The second kappa shape index (κ2) is 3.50. The number of nitrogens with two attached hydrogens (primary N) is 2. The van der Waals surface area contributed by atoms with Crippen molar-refractivity contribution >= 4 is 11.8 Å². The van der Waals surface area contributed by atoms with Crippen LogP contribution in [0.1, 0.15) is 21.0 Å². The summed E-state index contributed by atoms with van der Waals surface area (Å²) in [7, 11) is 0. The lowest BCUT2D eigenvalue weighted by Crippen LogP contribution is -2.15. The molecule has 8 nitrogen and oxygen atoms in total. The highest BCUT2D eigenvalue weighted by Crippen LogP contribution is 2.10. The molecule has 0 aliphatic carbocycles. The van der Waals surface area contributed by atoms with Crippen LogP contribution in [0, 0.1) is 0 Å². The lowest BCUT2D eigenvalue weighted by Gasteiger charge is -1.98. The van der Waals surface area contributed by atoms with Crippen molar-refractivity contribution in [1.29, 1.82) is 0 Å². The van der Waals surface area contributed by atoms with Gasteiger partial charge in [0, 0.05) is 6.20 Å². The van der Waals surface area contributed by atoms with Crippen molar-refractivity contribution < 1.29 is 9.59 Å². The third kappa shape index (κ3) is 1.52. The summed E-state index contributed by atoms with van der Waals surface area (Å²) in [4.78, 5) is 21.8. The van der Waals surface area contributed by atoms with Crippen LogP contribution in [0.25, 0.3) is 5.69 Å². The van der Waals surface area contributed by atoms with Gasteiger partial charge in [-0.1, -0.05) is 0 Å². The molecule has 0 aliphatic heterocycles. The molecule has 2 amide bonds. The van der Waals surface area contributed by atoms with Crippen molar-refractivity contribution in [3.8, 4) is 5.69 Å². The van der Waals surface area contributed by atoms with Crippen LogP contribution in [0.15, 0.2) is 18.5 Å². The summed E-state index contributed by atoms with van der Waals surface area (Å²) in [6, 6.07) is 1.43. The van der Waals surface area contributed by atoms with E-state index in [0.717, 1.165) is 0 Å². The Morgan fingerprint density at radius 3 is 2.62 bits per heavy atom. The highest BCUT2D eigenvalue weighted by Gasteiger charge is 2.14. The fourth-order valence-corrected chi connectivity index (χ4v) is 1.22. The molecule has 0 saturated carbocycles. The van der Waals surface area contributed by atoms with Gasteiger partial charge in [0.05, 0.1) is 6.20 Å². The summed E-state index contributed by atoms with van der Waals surface area (Å²) in [5, 5.41) is 9.98. The van der Waals surface area contributed by atoms with Gasteiger partial charge in [0.25, 0.3) is 11.8 Å². The minimum Gasteiger partial charge on any atom is -0.364 e. The van der Waals surface area contributed by atoms with Gasteiger partial charge >= 0.3 is 0 Å². The Balaban J connectivity index is 2.46. The summed E-state index contributed by atoms with van der Waals surface area (Å²) in [6.45, 7) is 0. The molecular weight excluding hydrogens is 212 g/mol. The SMILES string of the molecule is NC(=O)c1ccn(-c2cn[nH]c2C(N)=O)n1. The van der Waals surface area contributed by atoms with Crippen LogP contribution in [0.5, 0.6) is 0 Å². The van der Waals surface area contributed by atoms with Gasteiger partial charge in [-0.3, -0.25) is 14.7 Å². The predicted octanol–water partition coefficient (Wildman–Crippen LogP) is -1.21. The fourth-order valence-electron chi connectivity index (χ4n) is 1.22. The Labute approximate surface area is 89.2 Å². The maximum absolute atomic E-state index is 11.0. The minimum absolute atomic E-state index is 0.0941. The third-order valence-corrected chi connectivity index (χ3v) is 1.95. The molecule has 2 aromatic rings. The van der Waals surface area contributed by atoms with E-state index in [0.29, 0.717) is 5.69 Å². The van der Waals surface area contributed by atoms with Crippen LogP contribution in [-0.4, -0.2) is 31.8 Å². The number of H-pyrrole nitrogens is 1. The van der Waals surface area contributed by atoms with Gasteiger partial charge in [-0.2, -0.15) is 10.2 Å². The van der Waals surface area contributed by atoms with Crippen molar-refractivity contribution in [2.75, 3.05) is 0 Å². The number of carbonyl (C=O) groups is 2. The number of rotatable bonds is 3. The molecule has 2 heterocycles. The minimum atomic E-state index is -0.663. The highest BCUT2D eigenvalue weighted by atomic mass is 16.1. The Hall–Kier alpha value is -2.64. The average Bonchev–Trinajstić information content (AvgIpc) is 2.86. The molecule has 82 valence electrons. The van der Waals surface area contributed by atoms with Gasteiger partial charge in [0.1, 0.15) is 17.1 Å². The number of hydrogen-bond donors (Lipinski definition) is 3. The third-order valence-electron chi connectivity index (χ3n) is 1.95. The number of aromatic amines is 1. The summed E-state index contributed by atoms with van der Waals surface area (Å²) in [5.41, 5.74) is 10.7. The zero-order valence-electron chi connectivity index (χ0n) is 8.04. The van der Waals surface area contributed by atoms with Crippen LogP contribution in [-0.2, 0) is 0 Å². The van der Waals surface area contributed by atoms with Crippen molar-refractivity contribution in [3.63, 3.8) is 0 Å². The Morgan fingerprint density at radius 2 is 2.06 bits per heavy atom. The fraction of sp³-hybridized carbons (Fsp3) is 0. The molecule has 0 fully saturated rings. The predicted molar refractivity (Wildman–Crippen MR) is 52.7 cm³/mol. The number of nitrogens with one attached hydrogen (secondary N) is 1. The molecule has 0 aromatic carbocycles. The molecule has 0 aliphatic rings. The van der Waals surface area contributed by atoms with E-state index < -0.39 is 11.8 Å². The molecular formula is C8H8N6O2. The first-order valence-corrected chi connectivity index (χ1v) is 4.28. The topological polar surface area (TPSA) is 133 Å². The van der Waals surface area contributed by atoms with Crippen LogP contribution in [0.4, 0.5) is 0 Å². The first-order chi connectivity index (χ1) is 7.59. The van der Waals surface area contributed by atoms with E-state index in [4.69, 9.17) is 11.5 Å². The van der Waals surface area contributed by atoms with E-state index in [1.807, 2.05) is 0 Å². The quantitative estimate of drug-likeness (QED) is 0.598. The lowest BCUT2D eigenvalue weighted by atomic mass is 10.3. The Bertz CT molecular complexity index is 554. The first kappa shape index (κ1) is 9.90. The number of nitrogens with zero attached hydrogens (tertiary/aromatic N) is 3. The zero-order chi connectivity index (χ0) is 11.7. The summed E-state index contributed by atoms with van der Waals surface area (Å²) < 4.78 is 1.30. The van der Waals surface area contributed by atoms with Crippen LogP contribution in [0.2, 0.25) is 0 Å². The molecule has 0 atom stereocenters. The first-order valence-electron chi connectivity index (χ1n) is 4.28. The molecule has 0 bridgehead atoms. The number of amides is 2. The van der Waals surface area contributed by atoms with Gasteiger partial charge in [-0.05, 0) is 6.07 Å². The molecule has 8 heteroatoms. The summed E-state index contributed by atoms with van der Waals surface area (Å²) in [6.07, 6.45) is 2.86. The van der Waals surface area contributed by atoms with E-state index in [-0.39, 0.29) is 11.4 Å². The van der Waals surface area contributed by atoms with Crippen LogP contribution in [0.3, 0.4) is 0 Å². The summed E-state index contributed by atoms with van der Waals surface area (Å²) >= 11 is 0. The molecule has 2 aromatic heterocycles. The Kier molecular flexibility index (Phi) is 2.16. The standard InChI is InChI=1S/C8H8N6O2/c9-7(15)4-1-2-14(13-4)5-3-11-12-6(5)8(10)16/h1-3H,(H2,9,15)(H2,10,16)(H,11,12). The number of aromatic nitrogens is 4. The maximum atomic E-state index is 11.0. The number of carbonyl (C=O) groups excluding carboxylic acids is 2. The molecule has 0 saturated heterocycles. The van der Waals surface area contributed by atoms with E-state index in [9.17, 15) is 9.59 Å². The number of hydrogen-bond acceptors (Lipinski definition) is 4. The van der Waals surface area contributed by atoms with Gasteiger partial charge in [-0.15, -0.1) is 0 Å². The normalized spacial score (nSPS) is 10.2. The second-order valence-electron chi connectivity index (χ2n) is 3.00. The van der Waals surface area contributed by atoms with Crippen LogP contribution >= 0.6 is 0 Å². The van der Waals surface area contributed by atoms with E-state index >= 15 is 0 Å². The van der Waals surface area contributed by atoms with Crippen molar-refractivity contribution in [2.24, 2.45) is 11.5 Å². The van der Waals surface area contributed by atoms with Crippen molar-refractivity contribution in [3.05, 3.63) is 29.8 Å². The number of primary amides is 2. The van der Waals surface area contributed by atoms with Gasteiger partial charge in [0.15, 0.2) is 0 Å². The van der Waals surface area contributed by atoms with Gasteiger partial charge in [0.2, 0.25) is 0 Å². The summed E-state index contributed by atoms with van der Waals surface area (Å²) in [5.74, 6) is -1.31. The van der Waals surface area contributed by atoms with Gasteiger partial charge < -0.3 is 11.5 Å². The zero-order valence-corrected chi connectivity index (χ0v) is 8.04. The van der Waals surface area contributed by atoms with Crippen LogP contribution < -0.4 is 11.5 Å². The molecule has 0 unspecified atom stereocenters.